The summed E-state index contributed by atoms with van der Waals surface area (Å²) in [5, 5.41) is 0.708. The molecule has 0 saturated heterocycles. The molecular formula is C16H14Cl2N2O. The van der Waals surface area contributed by atoms with Gasteiger partial charge < -0.3 is 4.74 Å². The van der Waals surface area contributed by atoms with Crippen molar-refractivity contribution in [2.24, 2.45) is 0 Å². The van der Waals surface area contributed by atoms with Crippen molar-refractivity contribution in [2.45, 2.75) is 6.42 Å². The SMILES string of the molecule is COc1ccc2nc(CCCl)n(-c3ccc(Cl)cc3)c2c1. The van der Waals surface area contributed by atoms with Crippen LogP contribution in [0.15, 0.2) is 42.5 Å². The van der Waals surface area contributed by atoms with Gasteiger partial charge in [0.1, 0.15) is 11.6 Å². The summed E-state index contributed by atoms with van der Waals surface area (Å²) in [6.07, 6.45) is 0.696. The molecule has 3 rings (SSSR count). The van der Waals surface area contributed by atoms with E-state index >= 15 is 0 Å². The molecule has 108 valence electrons. The number of alkyl halides is 1. The number of fused-ring (bicyclic) bond motifs is 1. The molecule has 3 aromatic rings. The highest BCUT2D eigenvalue weighted by Gasteiger charge is 2.13. The molecule has 0 radical (unpaired) electrons. The molecule has 0 spiro atoms. The number of methoxy groups -OCH3 is 1. The number of benzene rings is 2. The van der Waals surface area contributed by atoms with E-state index in [0.29, 0.717) is 17.3 Å². The van der Waals surface area contributed by atoms with Crippen molar-refractivity contribution in [3.05, 3.63) is 53.3 Å². The fourth-order valence-electron chi connectivity index (χ4n) is 2.36. The largest absolute Gasteiger partial charge is 0.497 e. The van der Waals surface area contributed by atoms with E-state index in [0.717, 1.165) is 28.3 Å². The number of aromatic nitrogens is 2. The maximum atomic E-state index is 5.97. The van der Waals surface area contributed by atoms with Crippen LogP contribution in [0, 0.1) is 0 Å². The van der Waals surface area contributed by atoms with Crippen LogP contribution in [0.25, 0.3) is 16.7 Å². The van der Waals surface area contributed by atoms with E-state index in [1.807, 2.05) is 42.5 Å². The molecule has 1 heterocycles. The minimum Gasteiger partial charge on any atom is -0.497 e. The standard InChI is InChI=1S/C16H14Cl2N2O/c1-21-13-6-7-14-15(10-13)20(16(19-14)8-9-17)12-4-2-11(18)3-5-12/h2-7,10H,8-9H2,1H3. The van der Waals surface area contributed by atoms with Gasteiger partial charge in [-0.05, 0) is 36.4 Å². The van der Waals surface area contributed by atoms with Gasteiger partial charge in [-0.2, -0.15) is 0 Å². The van der Waals surface area contributed by atoms with Crippen LogP contribution in [0.5, 0.6) is 5.75 Å². The van der Waals surface area contributed by atoms with E-state index < -0.39 is 0 Å². The molecule has 1 aromatic heterocycles. The van der Waals surface area contributed by atoms with Gasteiger partial charge in [-0.1, -0.05) is 11.6 Å². The molecule has 0 unspecified atom stereocenters. The van der Waals surface area contributed by atoms with E-state index in [9.17, 15) is 0 Å². The zero-order chi connectivity index (χ0) is 14.8. The average molecular weight is 321 g/mol. The molecule has 0 aliphatic heterocycles. The van der Waals surface area contributed by atoms with Crippen LogP contribution in [0.4, 0.5) is 0 Å². The lowest BCUT2D eigenvalue weighted by atomic mass is 10.2. The summed E-state index contributed by atoms with van der Waals surface area (Å²) in [5.74, 6) is 2.25. The van der Waals surface area contributed by atoms with Crippen molar-refractivity contribution in [1.29, 1.82) is 0 Å². The first-order valence-corrected chi connectivity index (χ1v) is 7.51. The van der Waals surface area contributed by atoms with Crippen molar-refractivity contribution in [3.63, 3.8) is 0 Å². The smallest absolute Gasteiger partial charge is 0.121 e. The second-order valence-electron chi connectivity index (χ2n) is 4.63. The van der Waals surface area contributed by atoms with Gasteiger partial charge in [0.15, 0.2) is 0 Å². The Morgan fingerprint density at radius 2 is 1.90 bits per heavy atom. The van der Waals surface area contributed by atoms with Crippen molar-refractivity contribution >= 4 is 34.2 Å². The van der Waals surface area contributed by atoms with Gasteiger partial charge >= 0.3 is 0 Å². The highest BCUT2D eigenvalue weighted by atomic mass is 35.5. The van der Waals surface area contributed by atoms with Gasteiger partial charge in [0.05, 0.1) is 18.1 Å². The molecule has 0 amide bonds. The summed E-state index contributed by atoms with van der Waals surface area (Å²) >= 11 is 11.9. The van der Waals surface area contributed by atoms with Crippen LogP contribution >= 0.6 is 23.2 Å². The Labute approximate surface area is 133 Å². The van der Waals surface area contributed by atoms with Crippen LogP contribution in [0.2, 0.25) is 5.02 Å². The number of halogens is 2. The number of hydrogen-bond acceptors (Lipinski definition) is 2. The molecule has 0 aliphatic rings. The summed E-state index contributed by atoms with van der Waals surface area (Å²) in [4.78, 5) is 4.67. The zero-order valence-electron chi connectivity index (χ0n) is 11.5. The van der Waals surface area contributed by atoms with Crippen LogP contribution in [-0.2, 0) is 6.42 Å². The van der Waals surface area contributed by atoms with E-state index in [4.69, 9.17) is 27.9 Å². The van der Waals surface area contributed by atoms with Crippen LogP contribution in [-0.4, -0.2) is 22.5 Å². The van der Waals surface area contributed by atoms with Gasteiger partial charge in [-0.3, -0.25) is 4.57 Å². The summed E-state index contributed by atoms with van der Waals surface area (Å²) < 4.78 is 7.41. The summed E-state index contributed by atoms with van der Waals surface area (Å²) in [7, 11) is 1.66. The third-order valence-corrected chi connectivity index (χ3v) is 3.77. The van der Waals surface area contributed by atoms with E-state index in [1.54, 1.807) is 7.11 Å². The van der Waals surface area contributed by atoms with Gasteiger partial charge in [0.2, 0.25) is 0 Å². The molecule has 0 N–H and O–H groups in total. The van der Waals surface area contributed by atoms with Crippen LogP contribution in [0.1, 0.15) is 5.82 Å². The average Bonchev–Trinajstić information content (AvgIpc) is 2.85. The molecule has 2 aromatic carbocycles. The first kappa shape index (κ1) is 14.2. The molecular weight excluding hydrogens is 307 g/mol. The van der Waals surface area contributed by atoms with Crippen molar-refractivity contribution in [3.8, 4) is 11.4 Å². The highest BCUT2D eigenvalue weighted by molar-refractivity contribution is 6.30. The predicted molar refractivity (Wildman–Crippen MR) is 87.1 cm³/mol. The number of nitrogens with zero attached hydrogens (tertiary/aromatic N) is 2. The second kappa shape index (κ2) is 5.96. The molecule has 0 aliphatic carbocycles. The number of hydrogen-bond donors (Lipinski definition) is 0. The van der Waals surface area contributed by atoms with Gasteiger partial charge in [0.25, 0.3) is 0 Å². The lowest BCUT2D eigenvalue weighted by Crippen LogP contribution is -2.02. The summed E-state index contributed by atoms with van der Waals surface area (Å²) in [5.41, 5.74) is 2.93. The zero-order valence-corrected chi connectivity index (χ0v) is 13.0. The normalized spacial score (nSPS) is 11.0. The van der Waals surface area contributed by atoms with Crippen LogP contribution in [0.3, 0.4) is 0 Å². The Balaban J connectivity index is 2.25. The number of rotatable bonds is 4. The molecule has 3 nitrogen and oxygen atoms in total. The molecule has 0 bridgehead atoms. The minimum atomic E-state index is 0.522. The molecule has 0 fully saturated rings. The fraction of sp³-hybridized carbons (Fsp3) is 0.188. The van der Waals surface area contributed by atoms with Crippen molar-refractivity contribution < 1.29 is 4.74 Å². The maximum absolute atomic E-state index is 5.97. The summed E-state index contributed by atoms with van der Waals surface area (Å²) in [6.45, 7) is 0. The topological polar surface area (TPSA) is 27.1 Å². The van der Waals surface area contributed by atoms with Crippen molar-refractivity contribution in [2.75, 3.05) is 13.0 Å². The summed E-state index contributed by atoms with van der Waals surface area (Å²) in [6, 6.07) is 13.5. The van der Waals surface area contributed by atoms with E-state index in [2.05, 4.69) is 9.55 Å². The minimum absolute atomic E-state index is 0.522. The Bertz CT molecular complexity index is 766. The Kier molecular flexibility index (Phi) is 4.04. The number of ether oxygens (including phenoxy) is 1. The maximum Gasteiger partial charge on any atom is 0.121 e. The Hall–Kier alpha value is -1.71. The first-order chi connectivity index (χ1) is 10.2. The second-order valence-corrected chi connectivity index (χ2v) is 5.45. The number of aryl methyl sites for hydroxylation is 1. The van der Waals surface area contributed by atoms with Gasteiger partial charge in [-0.25, -0.2) is 4.98 Å². The predicted octanol–water partition coefficient (Wildman–Crippen LogP) is 4.47. The first-order valence-electron chi connectivity index (χ1n) is 6.60. The van der Waals surface area contributed by atoms with E-state index in [1.165, 1.54) is 0 Å². The Morgan fingerprint density at radius 3 is 2.57 bits per heavy atom. The highest BCUT2D eigenvalue weighted by Crippen LogP contribution is 2.26. The fourth-order valence-corrected chi connectivity index (χ4v) is 2.66. The molecule has 0 atom stereocenters. The molecule has 0 saturated carbocycles. The quantitative estimate of drug-likeness (QED) is 0.663. The lowest BCUT2D eigenvalue weighted by Gasteiger charge is -2.09. The van der Waals surface area contributed by atoms with Crippen LogP contribution < -0.4 is 4.74 Å². The third kappa shape index (κ3) is 2.71. The third-order valence-electron chi connectivity index (χ3n) is 3.33. The lowest BCUT2D eigenvalue weighted by molar-refractivity contribution is 0.415. The van der Waals surface area contributed by atoms with Gasteiger partial charge in [-0.15, -0.1) is 11.6 Å². The van der Waals surface area contributed by atoms with E-state index in [-0.39, 0.29) is 0 Å². The van der Waals surface area contributed by atoms with Gasteiger partial charge in [0, 0.05) is 29.1 Å². The molecule has 5 heteroatoms. The number of imidazole rings is 1. The Morgan fingerprint density at radius 1 is 1.14 bits per heavy atom. The molecule has 21 heavy (non-hydrogen) atoms. The van der Waals surface area contributed by atoms with Crippen molar-refractivity contribution in [1.82, 2.24) is 9.55 Å². The monoisotopic (exact) mass is 320 g/mol.